The van der Waals surface area contributed by atoms with Crippen molar-refractivity contribution in [2.45, 2.75) is 58.9 Å². The highest BCUT2D eigenvalue weighted by Crippen LogP contribution is 2.35. The number of amides is 1. The van der Waals surface area contributed by atoms with Gasteiger partial charge >= 0.3 is 11.9 Å². The van der Waals surface area contributed by atoms with Gasteiger partial charge in [0.25, 0.3) is 5.88 Å². The van der Waals surface area contributed by atoms with Gasteiger partial charge in [-0.3, -0.25) is 4.79 Å². The average Bonchev–Trinajstić information content (AvgIpc) is 3.03. The molecule has 1 amide bonds. The molecule has 1 aromatic heterocycles. The molecule has 9 heteroatoms. The summed E-state index contributed by atoms with van der Waals surface area (Å²) in [7, 11) is 1.31. The summed E-state index contributed by atoms with van der Waals surface area (Å²) in [6.45, 7) is 9.48. The first-order valence-corrected chi connectivity index (χ1v) is 8.56. The van der Waals surface area contributed by atoms with Gasteiger partial charge in [-0.1, -0.05) is 20.8 Å². The second kappa shape index (κ2) is 8.88. The van der Waals surface area contributed by atoms with Crippen molar-refractivity contribution in [1.82, 2.24) is 10.5 Å². The quantitative estimate of drug-likeness (QED) is 0.529. The molecule has 0 spiro atoms. The lowest BCUT2D eigenvalue weighted by Crippen LogP contribution is -2.62. The summed E-state index contributed by atoms with van der Waals surface area (Å²) in [5.74, 6) is -2.80. The summed E-state index contributed by atoms with van der Waals surface area (Å²) in [6, 6.07) is 0. The molecule has 0 bridgehead atoms. The van der Waals surface area contributed by atoms with E-state index >= 15 is 0 Å². The number of rotatable bonds is 8. The van der Waals surface area contributed by atoms with Crippen LogP contribution in [0.1, 0.15) is 54.2 Å². The minimum Gasteiger partial charge on any atom is -0.479 e. The zero-order chi connectivity index (χ0) is 21.7. The van der Waals surface area contributed by atoms with Gasteiger partial charge in [-0.25, -0.2) is 9.59 Å². The maximum absolute atomic E-state index is 12.9. The van der Waals surface area contributed by atoms with E-state index in [0.717, 1.165) is 6.92 Å². The first kappa shape index (κ1) is 20.7. The monoisotopic (exact) mass is 385 g/mol. The number of carbonyl (C=O) groups is 3. The molecule has 0 saturated carbocycles. The van der Waals surface area contributed by atoms with Gasteiger partial charge in [-0.2, -0.15) is 0 Å². The predicted octanol–water partition coefficient (Wildman–Crippen LogP) is 1.52. The standard InChI is InChI=1S/C18H28N2O7/c1-8-25-15(22)18(19-11(3)21,16(23)26-9-2)10-12-13(17(4,5)6)27-20-14(12)24-7/h8-10H2,1-7H3,(H,19,21)/i10D/t10-/m1/s1. The van der Waals surface area contributed by atoms with Gasteiger partial charge in [0, 0.05) is 20.1 Å². The van der Waals surface area contributed by atoms with Crippen molar-refractivity contribution in [3.8, 4) is 5.88 Å². The van der Waals surface area contributed by atoms with Gasteiger partial charge in [0.2, 0.25) is 11.4 Å². The van der Waals surface area contributed by atoms with Gasteiger partial charge in [0.1, 0.15) is 5.76 Å². The average molecular weight is 385 g/mol. The highest BCUT2D eigenvalue weighted by atomic mass is 16.6. The Morgan fingerprint density at radius 1 is 1.15 bits per heavy atom. The van der Waals surface area contributed by atoms with E-state index in [1.165, 1.54) is 7.11 Å². The maximum Gasteiger partial charge on any atom is 0.344 e. The third-order valence-electron chi connectivity index (χ3n) is 3.50. The Bertz CT molecular complexity index is 706. The second-order valence-electron chi connectivity index (χ2n) is 6.76. The van der Waals surface area contributed by atoms with Crippen LogP contribution in [0.3, 0.4) is 0 Å². The number of ether oxygens (including phenoxy) is 3. The maximum atomic E-state index is 12.9. The molecule has 0 radical (unpaired) electrons. The van der Waals surface area contributed by atoms with Crippen molar-refractivity contribution in [3.05, 3.63) is 11.3 Å². The molecule has 1 atom stereocenters. The Kier molecular flexibility index (Phi) is 6.81. The molecular weight excluding hydrogens is 356 g/mol. The van der Waals surface area contributed by atoms with E-state index < -0.39 is 35.2 Å². The third-order valence-corrected chi connectivity index (χ3v) is 3.50. The van der Waals surface area contributed by atoms with Crippen molar-refractivity contribution in [2.24, 2.45) is 0 Å². The Morgan fingerprint density at radius 2 is 1.67 bits per heavy atom. The van der Waals surface area contributed by atoms with Crippen molar-refractivity contribution < 1.29 is 34.5 Å². The molecule has 152 valence electrons. The number of esters is 2. The Balaban J connectivity index is 3.78. The summed E-state index contributed by atoms with van der Waals surface area (Å²) >= 11 is 0. The molecule has 0 fully saturated rings. The molecule has 27 heavy (non-hydrogen) atoms. The normalized spacial score (nSPS) is 13.4. The van der Waals surface area contributed by atoms with Crippen LogP contribution >= 0.6 is 0 Å². The third kappa shape index (κ3) is 4.99. The van der Waals surface area contributed by atoms with Gasteiger partial charge in [0.15, 0.2) is 0 Å². The molecule has 1 rings (SSSR count). The van der Waals surface area contributed by atoms with E-state index in [9.17, 15) is 14.4 Å². The molecule has 0 aliphatic carbocycles. The molecule has 0 aliphatic rings. The number of carbonyl (C=O) groups excluding carboxylic acids is 3. The van der Waals surface area contributed by atoms with E-state index in [-0.39, 0.29) is 30.4 Å². The minimum atomic E-state index is -2.46. The summed E-state index contributed by atoms with van der Waals surface area (Å²) in [5.41, 5.74) is -3.05. The summed E-state index contributed by atoms with van der Waals surface area (Å²) < 4.78 is 29.4. The van der Waals surface area contributed by atoms with Gasteiger partial charge < -0.3 is 24.1 Å². The largest absolute Gasteiger partial charge is 0.479 e. The Labute approximate surface area is 160 Å². The zero-order valence-corrected chi connectivity index (χ0v) is 16.8. The van der Waals surface area contributed by atoms with Crippen LogP contribution in [0.2, 0.25) is 0 Å². The van der Waals surface area contributed by atoms with Crippen molar-refractivity contribution in [2.75, 3.05) is 20.3 Å². The first-order chi connectivity index (χ1) is 13.0. The lowest BCUT2D eigenvalue weighted by Gasteiger charge is -2.30. The Hall–Kier alpha value is -2.58. The highest BCUT2D eigenvalue weighted by molar-refractivity contribution is 6.08. The molecule has 0 saturated heterocycles. The minimum absolute atomic E-state index is 0.0462. The molecule has 0 aliphatic heterocycles. The van der Waals surface area contributed by atoms with Crippen molar-refractivity contribution in [1.29, 1.82) is 0 Å². The van der Waals surface area contributed by atoms with Crippen LogP contribution in [-0.2, 0) is 35.7 Å². The first-order valence-electron chi connectivity index (χ1n) is 9.14. The number of nitrogens with zero attached hydrogens (tertiary/aromatic N) is 1. The molecular formula is C18H28N2O7. The Morgan fingerprint density at radius 3 is 2.04 bits per heavy atom. The summed E-state index contributed by atoms with van der Waals surface area (Å²) in [4.78, 5) is 37.6. The van der Waals surface area contributed by atoms with Crippen LogP contribution in [0, 0.1) is 0 Å². The van der Waals surface area contributed by atoms with E-state index in [2.05, 4.69) is 10.5 Å². The van der Waals surface area contributed by atoms with Crippen LogP contribution in [0.25, 0.3) is 0 Å². The van der Waals surface area contributed by atoms with E-state index in [1.54, 1.807) is 34.6 Å². The summed E-state index contributed by atoms with van der Waals surface area (Å²) in [5, 5.41) is 6.07. The number of methoxy groups -OCH3 is 1. The number of hydrogen-bond acceptors (Lipinski definition) is 8. The smallest absolute Gasteiger partial charge is 0.344 e. The highest BCUT2D eigenvalue weighted by Gasteiger charge is 2.52. The predicted molar refractivity (Wildman–Crippen MR) is 95.3 cm³/mol. The van der Waals surface area contributed by atoms with Gasteiger partial charge in [-0.05, 0) is 19.0 Å². The van der Waals surface area contributed by atoms with Crippen LogP contribution in [0.15, 0.2) is 4.52 Å². The number of hydrogen-bond donors (Lipinski definition) is 1. The summed E-state index contributed by atoms with van der Waals surface area (Å²) in [6.07, 6.45) is -1.70. The second-order valence-corrected chi connectivity index (χ2v) is 6.76. The lowest BCUT2D eigenvalue weighted by molar-refractivity contribution is -0.168. The van der Waals surface area contributed by atoms with Crippen LogP contribution in [0.4, 0.5) is 0 Å². The SMILES string of the molecule is [2H][C@H](c1c(OC)noc1C(C)(C)C)C(NC(C)=O)(C(=O)OCC)C(=O)OCC. The molecule has 1 heterocycles. The van der Waals surface area contributed by atoms with E-state index in [4.69, 9.17) is 20.1 Å². The van der Waals surface area contributed by atoms with Crippen molar-refractivity contribution in [3.63, 3.8) is 0 Å². The van der Waals surface area contributed by atoms with Crippen molar-refractivity contribution >= 4 is 17.8 Å². The van der Waals surface area contributed by atoms with Gasteiger partial charge in [0.05, 0.1) is 25.9 Å². The molecule has 1 N–H and O–H groups in total. The fraction of sp³-hybridized carbons (Fsp3) is 0.667. The lowest BCUT2D eigenvalue weighted by atomic mass is 9.84. The molecule has 9 nitrogen and oxygen atoms in total. The van der Waals surface area contributed by atoms with Crippen LogP contribution in [-0.4, -0.2) is 48.9 Å². The van der Waals surface area contributed by atoms with Gasteiger partial charge in [-0.15, -0.1) is 0 Å². The number of nitrogens with one attached hydrogen (secondary N) is 1. The molecule has 0 unspecified atom stereocenters. The molecule has 1 aromatic rings. The molecule has 0 aromatic carbocycles. The van der Waals surface area contributed by atoms with Crippen LogP contribution in [0.5, 0.6) is 5.88 Å². The topological polar surface area (TPSA) is 117 Å². The number of aromatic nitrogens is 1. The van der Waals surface area contributed by atoms with Crippen LogP contribution < -0.4 is 10.1 Å². The van der Waals surface area contributed by atoms with E-state index in [1.807, 2.05) is 0 Å². The zero-order valence-electron chi connectivity index (χ0n) is 17.8. The van der Waals surface area contributed by atoms with E-state index in [0.29, 0.717) is 0 Å². The fourth-order valence-electron chi connectivity index (χ4n) is 2.42. The fourth-order valence-corrected chi connectivity index (χ4v) is 2.42.